The minimum atomic E-state index is -5.16. The van der Waals surface area contributed by atoms with Crippen LogP contribution >= 0.6 is 11.6 Å². The molecule has 0 radical (unpaired) electrons. The van der Waals surface area contributed by atoms with E-state index in [1.165, 1.54) is 0 Å². The Morgan fingerprint density at radius 1 is 1.53 bits per heavy atom. The first-order chi connectivity index (χ1) is 7.74. The van der Waals surface area contributed by atoms with Crippen LogP contribution in [0, 0.1) is 16.1 Å². The van der Waals surface area contributed by atoms with Gasteiger partial charge >= 0.3 is 18.1 Å². The molecule has 17 heavy (non-hydrogen) atoms. The minimum Gasteiger partial charge on any atom is -0.396 e. The number of hydrogen-bond acceptors (Lipinski definition) is 4. The fraction of sp³-hybridized carbons (Fsp3) is 0.286. The lowest BCUT2D eigenvalue weighted by atomic mass is 10.2. The maximum atomic E-state index is 12.8. The standard InChI is InChI=1S/C7H3ClF4N2O3/c8-2-3-1-4(9)13-6(14(15)16)5(3)17-7(10,11)12/h1H,2H2. The summed E-state index contributed by atoms with van der Waals surface area (Å²) in [6.07, 6.45) is -5.16. The molecule has 0 N–H and O–H groups in total. The van der Waals surface area contributed by atoms with Gasteiger partial charge in [0, 0.05) is 11.6 Å². The van der Waals surface area contributed by atoms with Gasteiger partial charge in [-0.15, -0.1) is 24.8 Å². The van der Waals surface area contributed by atoms with Gasteiger partial charge in [-0.05, 0) is 9.91 Å². The van der Waals surface area contributed by atoms with Gasteiger partial charge in [-0.2, -0.15) is 4.39 Å². The normalized spacial score (nSPS) is 11.4. The molecule has 0 atom stereocenters. The molecule has 0 saturated heterocycles. The fourth-order valence-corrected chi connectivity index (χ4v) is 1.19. The quantitative estimate of drug-likeness (QED) is 0.279. The Hall–Kier alpha value is -1.64. The van der Waals surface area contributed by atoms with E-state index in [0.29, 0.717) is 6.07 Å². The third-order valence-electron chi connectivity index (χ3n) is 1.54. The highest BCUT2D eigenvalue weighted by Gasteiger charge is 2.37. The molecule has 1 aromatic heterocycles. The van der Waals surface area contributed by atoms with Crippen LogP contribution in [0.1, 0.15) is 5.56 Å². The molecule has 1 rings (SSSR count). The number of hydrogen-bond donors (Lipinski definition) is 0. The van der Waals surface area contributed by atoms with Gasteiger partial charge < -0.3 is 14.9 Å². The average Bonchev–Trinajstić information content (AvgIpc) is 2.17. The van der Waals surface area contributed by atoms with Crippen molar-refractivity contribution in [2.45, 2.75) is 12.2 Å². The zero-order valence-electron chi connectivity index (χ0n) is 7.79. The first-order valence-electron chi connectivity index (χ1n) is 3.90. The monoisotopic (exact) mass is 274 g/mol. The maximum Gasteiger partial charge on any atom is 0.573 e. The predicted octanol–water partition coefficient (Wildman–Crippen LogP) is 2.77. The number of rotatable bonds is 3. The number of alkyl halides is 4. The molecule has 0 unspecified atom stereocenters. The Kier molecular flexibility index (Phi) is 3.71. The van der Waals surface area contributed by atoms with Crippen LogP contribution in [0.4, 0.5) is 23.4 Å². The Balaban J connectivity index is 3.37. The van der Waals surface area contributed by atoms with E-state index in [-0.39, 0.29) is 0 Å². The highest BCUT2D eigenvalue weighted by Crippen LogP contribution is 2.34. The molecule has 10 heteroatoms. The summed E-state index contributed by atoms with van der Waals surface area (Å²) in [5, 5.41) is 10.4. The third-order valence-corrected chi connectivity index (χ3v) is 1.82. The molecule has 1 aromatic rings. The van der Waals surface area contributed by atoms with Crippen molar-refractivity contribution in [1.29, 1.82) is 0 Å². The van der Waals surface area contributed by atoms with Crippen molar-refractivity contribution in [2.24, 2.45) is 0 Å². The molecule has 94 valence electrons. The molecular formula is C7H3ClF4N2O3. The third kappa shape index (κ3) is 3.41. The van der Waals surface area contributed by atoms with Crippen LogP contribution in [0.5, 0.6) is 5.75 Å². The molecule has 0 aromatic carbocycles. The molecule has 0 aliphatic rings. The van der Waals surface area contributed by atoms with Crippen LogP contribution in [-0.4, -0.2) is 16.3 Å². The Morgan fingerprint density at radius 3 is 2.53 bits per heavy atom. The summed E-state index contributed by atoms with van der Waals surface area (Å²) in [5.74, 6) is -4.50. The lowest BCUT2D eigenvalue weighted by molar-refractivity contribution is -0.393. The van der Waals surface area contributed by atoms with Crippen molar-refractivity contribution in [3.63, 3.8) is 0 Å². The van der Waals surface area contributed by atoms with Crippen molar-refractivity contribution in [3.8, 4) is 5.75 Å². The SMILES string of the molecule is O=[N+]([O-])c1nc(F)cc(CCl)c1OC(F)(F)F. The molecule has 0 aliphatic heterocycles. The van der Waals surface area contributed by atoms with E-state index >= 15 is 0 Å². The maximum absolute atomic E-state index is 12.8. The first kappa shape index (κ1) is 13.4. The summed E-state index contributed by atoms with van der Waals surface area (Å²) in [4.78, 5) is 11.8. The lowest BCUT2D eigenvalue weighted by Gasteiger charge is -2.11. The largest absolute Gasteiger partial charge is 0.573 e. The molecule has 5 nitrogen and oxygen atoms in total. The smallest absolute Gasteiger partial charge is 0.396 e. The number of ether oxygens (including phenoxy) is 1. The molecule has 0 bridgehead atoms. The average molecular weight is 275 g/mol. The molecule has 1 heterocycles. The van der Waals surface area contributed by atoms with Crippen LogP contribution < -0.4 is 4.74 Å². The van der Waals surface area contributed by atoms with Gasteiger partial charge in [-0.1, -0.05) is 0 Å². The van der Waals surface area contributed by atoms with E-state index in [1.807, 2.05) is 0 Å². The summed E-state index contributed by atoms with van der Waals surface area (Å²) >= 11 is 5.25. The Morgan fingerprint density at radius 2 is 2.12 bits per heavy atom. The number of nitro groups is 1. The summed E-state index contributed by atoms with van der Waals surface area (Å²) in [7, 11) is 0. The van der Waals surface area contributed by atoms with E-state index in [2.05, 4.69) is 9.72 Å². The molecule has 0 amide bonds. The van der Waals surface area contributed by atoms with Crippen molar-refractivity contribution >= 4 is 17.4 Å². The number of halogens is 5. The summed E-state index contributed by atoms with van der Waals surface area (Å²) < 4.78 is 52.2. The highest BCUT2D eigenvalue weighted by atomic mass is 35.5. The number of aromatic nitrogens is 1. The Labute approximate surface area is 96.1 Å². The van der Waals surface area contributed by atoms with Crippen molar-refractivity contribution < 1.29 is 27.2 Å². The topological polar surface area (TPSA) is 65.3 Å². The lowest BCUT2D eigenvalue weighted by Crippen LogP contribution is -2.19. The van der Waals surface area contributed by atoms with Crippen molar-refractivity contribution in [1.82, 2.24) is 4.98 Å². The van der Waals surface area contributed by atoms with Crippen LogP contribution in [0.3, 0.4) is 0 Å². The van der Waals surface area contributed by atoms with Gasteiger partial charge in [-0.25, -0.2) is 0 Å². The van der Waals surface area contributed by atoms with Gasteiger partial charge in [0.2, 0.25) is 5.75 Å². The fourth-order valence-electron chi connectivity index (χ4n) is 0.987. The van der Waals surface area contributed by atoms with Crippen LogP contribution in [0.2, 0.25) is 0 Å². The van der Waals surface area contributed by atoms with Crippen molar-refractivity contribution in [3.05, 3.63) is 27.7 Å². The van der Waals surface area contributed by atoms with Gasteiger partial charge in [-0.3, -0.25) is 0 Å². The zero-order chi connectivity index (χ0) is 13.2. The zero-order valence-corrected chi connectivity index (χ0v) is 8.55. The van der Waals surface area contributed by atoms with Gasteiger partial charge in [0.1, 0.15) is 0 Å². The summed E-state index contributed by atoms with van der Waals surface area (Å²) in [6.45, 7) is 0. The molecular weight excluding hydrogens is 272 g/mol. The van der Waals surface area contributed by atoms with Crippen LogP contribution in [0.25, 0.3) is 0 Å². The van der Waals surface area contributed by atoms with E-state index < -0.39 is 40.2 Å². The number of pyridine rings is 1. The molecule has 0 aliphatic carbocycles. The van der Waals surface area contributed by atoms with Crippen LogP contribution in [-0.2, 0) is 5.88 Å². The predicted molar refractivity (Wildman–Crippen MR) is 47.1 cm³/mol. The van der Waals surface area contributed by atoms with Gasteiger partial charge in [0.25, 0.3) is 0 Å². The second kappa shape index (κ2) is 4.70. The second-order valence-electron chi connectivity index (χ2n) is 2.70. The molecule has 0 saturated carbocycles. The highest BCUT2D eigenvalue weighted by molar-refractivity contribution is 6.17. The van der Waals surface area contributed by atoms with E-state index in [9.17, 15) is 27.7 Å². The first-order valence-corrected chi connectivity index (χ1v) is 4.43. The van der Waals surface area contributed by atoms with Gasteiger partial charge in [0.15, 0.2) is 0 Å². The number of nitrogens with zero attached hydrogens (tertiary/aromatic N) is 2. The van der Waals surface area contributed by atoms with Crippen molar-refractivity contribution in [2.75, 3.05) is 0 Å². The minimum absolute atomic E-state index is 0.511. The van der Waals surface area contributed by atoms with E-state index in [0.717, 1.165) is 0 Å². The van der Waals surface area contributed by atoms with E-state index in [4.69, 9.17) is 11.6 Å². The summed E-state index contributed by atoms with van der Waals surface area (Å²) in [6, 6.07) is 0.529. The second-order valence-corrected chi connectivity index (χ2v) is 2.96. The Bertz CT molecular complexity index is 451. The molecule has 0 spiro atoms. The molecule has 0 fully saturated rings. The van der Waals surface area contributed by atoms with E-state index in [1.54, 1.807) is 0 Å². The summed E-state index contributed by atoms with van der Waals surface area (Å²) in [5.41, 5.74) is -0.511. The van der Waals surface area contributed by atoms with Crippen LogP contribution in [0.15, 0.2) is 6.07 Å². The van der Waals surface area contributed by atoms with Gasteiger partial charge in [0.05, 0.1) is 5.88 Å².